The average Bonchev–Trinajstić information content (AvgIpc) is 3.27. The Balaban J connectivity index is 1.20. The van der Waals surface area contributed by atoms with Crippen LogP contribution >= 0.6 is 0 Å². The molecule has 1 atom stereocenters. The third-order valence-corrected chi connectivity index (χ3v) is 6.56. The zero-order valence-electron chi connectivity index (χ0n) is 20.2. The minimum Gasteiger partial charge on any atom is -0.356 e. The minimum absolute atomic E-state index is 0.118. The standard InChI is InChI=1S/C27H29FN6O2/c1-18-15-24(33-13-3-2-4-14-33)32-27(29-18)31-22-9-7-21(8-10-22)30-26(36)19-16-25(35)34(17-19)23-11-5-20(28)6-12-23/h5-12,15,19H,2-4,13-14,16-17H2,1H3,(H,30,36)(H,29,31,32)/t19-/m0/s1. The molecule has 2 amide bonds. The second-order valence-electron chi connectivity index (χ2n) is 9.31. The zero-order chi connectivity index (χ0) is 25.1. The molecule has 3 heterocycles. The molecule has 0 bridgehead atoms. The smallest absolute Gasteiger partial charge is 0.229 e. The van der Waals surface area contributed by atoms with Gasteiger partial charge in [0.1, 0.15) is 11.6 Å². The number of hydrogen-bond acceptors (Lipinski definition) is 6. The molecule has 2 saturated heterocycles. The molecule has 2 aliphatic heterocycles. The molecule has 5 rings (SSSR count). The number of nitrogens with one attached hydrogen (secondary N) is 2. The maximum Gasteiger partial charge on any atom is 0.229 e. The van der Waals surface area contributed by atoms with E-state index in [0.29, 0.717) is 17.3 Å². The SMILES string of the molecule is Cc1cc(N2CCCCC2)nc(Nc2ccc(NC(=O)[C@H]3CC(=O)N(c4ccc(F)cc4)C3)cc2)n1. The van der Waals surface area contributed by atoms with Crippen LogP contribution in [0.5, 0.6) is 0 Å². The van der Waals surface area contributed by atoms with Crippen LogP contribution in [0.3, 0.4) is 0 Å². The summed E-state index contributed by atoms with van der Waals surface area (Å²) >= 11 is 0. The molecule has 0 saturated carbocycles. The van der Waals surface area contributed by atoms with Gasteiger partial charge in [0.15, 0.2) is 0 Å². The van der Waals surface area contributed by atoms with Gasteiger partial charge in [-0.3, -0.25) is 9.59 Å². The topological polar surface area (TPSA) is 90.5 Å². The number of aryl methyl sites for hydroxylation is 1. The summed E-state index contributed by atoms with van der Waals surface area (Å²) in [7, 11) is 0. The first-order chi connectivity index (χ1) is 17.4. The Morgan fingerprint density at radius 1 is 0.972 bits per heavy atom. The van der Waals surface area contributed by atoms with Crippen LogP contribution in [0.1, 0.15) is 31.4 Å². The third kappa shape index (κ3) is 5.45. The highest BCUT2D eigenvalue weighted by Crippen LogP contribution is 2.27. The summed E-state index contributed by atoms with van der Waals surface area (Å²) in [5, 5.41) is 6.15. The number of carbonyl (C=O) groups is 2. The monoisotopic (exact) mass is 488 g/mol. The number of anilines is 5. The van der Waals surface area contributed by atoms with Gasteiger partial charge in [0.05, 0.1) is 5.92 Å². The molecule has 186 valence electrons. The summed E-state index contributed by atoms with van der Waals surface area (Å²) in [5.74, 6) is 0.264. The van der Waals surface area contributed by atoms with Crippen molar-refractivity contribution in [1.29, 1.82) is 0 Å². The van der Waals surface area contributed by atoms with Crippen molar-refractivity contribution in [2.45, 2.75) is 32.6 Å². The molecule has 1 aromatic heterocycles. The number of benzene rings is 2. The lowest BCUT2D eigenvalue weighted by Gasteiger charge is -2.28. The van der Waals surface area contributed by atoms with Crippen LogP contribution in [0, 0.1) is 18.7 Å². The maximum atomic E-state index is 13.2. The van der Waals surface area contributed by atoms with E-state index in [2.05, 4.69) is 20.5 Å². The van der Waals surface area contributed by atoms with Crippen LogP contribution in [-0.2, 0) is 9.59 Å². The Kier molecular flexibility index (Phi) is 6.79. The fourth-order valence-corrected chi connectivity index (χ4v) is 4.66. The van der Waals surface area contributed by atoms with E-state index in [4.69, 9.17) is 4.98 Å². The van der Waals surface area contributed by atoms with E-state index in [-0.39, 0.29) is 30.6 Å². The van der Waals surface area contributed by atoms with Crippen molar-refractivity contribution in [3.63, 3.8) is 0 Å². The average molecular weight is 489 g/mol. The van der Waals surface area contributed by atoms with E-state index in [1.165, 1.54) is 36.3 Å². The van der Waals surface area contributed by atoms with Gasteiger partial charge in [0.2, 0.25) is 17.8 Å². The largest absolute Gasteiger partial charge is 0.356 e. The molecule has 2 N–H and O–H groups in total. The molecule has 0 radical (unpaired) electrons. The Hall–Kier alpha value is -4.01. The summed E-state index contributed by atoms with van der Waals surface area (Å²) < 4.78 is 13.2. The predicted molar refractivity (Wildman–Crippen MR) is 138 cm³/mol. The van der Waals surface area contributed by atoms with Gasteiger partial charge in [-0.25, -0.2) is 9.37 Å². The molecular formula is C27H29FN6O2. The van der Waals surface area contributed by atoms with Crippen molar-refractivity contribution in [3.8, 4) is 0 Å². The Labute approximate surface area is 209 Å². The molecule has 3 aromatic rings. The quantitative estimate of drug-likeness (QED) is 0.525. The molecule has 0 unspecified atom stereocenters. The van der Waals surface area contributed by atoms with E-state index >= 15 is 0 Å². The van der Waals surface area contributed by atoms with E-state index < -0.39 is 5.92 Å². The number of nitrogens with zero attached hydrogens (tertiary/aromatic N) is 4. The van der Waals surface area contributed by atoms with Crippen LogP contribution in [0.15, 0.2) is 54.6 Å². The van der Waals surface area contributed by atoms with Gasteiger partial charge in [-0.2, -0.15) is 4.98 Å². The summed E-state index contributed by atoms with van der Waals surface area (Å²) in [6.07, 6.45) is 3.74. The number of amides is 2. The fraction of sp³-hybridized carbons (Fsp3) is 0.333. The van der Waals surface area contributed by atoms with Crippen molar-refractivity contribution in [1.82, 2.24) is 9.97 Å². The molecule has 2 aromatic carbocycles. The normalized spacial score (nSPS) is 17.8. The fourth-order valence-electron chi connectivity index (χ4n) is 4.66. The van der Waals surface area contributed by atoms with Crippen LogP contribution in [0.2, 0.25) is 0 Å². The molecule has 0 spiro atoms. The zero-order valence-corrected chi connectivity index (χ0v) is 20.2. The first-order valence-corrected chi connectivity index (χ1v) is 12.3. The molecular weight excluding hydrogens is 459 g/mol. The van der Waals surface area contributed by atoms with Crippen molar-refractivity contribution in [3.05, 3.63) is 66.1 Å². The van der Waals surface area contributed by atoms with Crippen molar-refractivity contribution in [2.24, 2.45) is 5.92 Å². The first kappa shape index (κ1) is 23.7. The highest BCUT2D eigenvalue weighted by atomic mass is 19.1. The van der Waals surface area contributed by atoms with Crippen LogP contribution < -0.4 is 20.4 Å². The second-order valence-corrected chi connectivity index (χ2v) is 9.31. The Morgan fingerprint density at radius 3 is 2.39 bits per heavy atom. The lowest BCUT2D eigenvalue weighted by molar-refractivity contribution is -0.122. The van der Waals surface area contributed by atoms with Gasteiger partial charge in [0, 0.05) is 54.9 Å². The van der Waals surface area contributed by atoms with Crippen LogP contribution in [0.4, 0.5) is 33.2 Å². The number of hydrogen-bond donors (Lipinski definition) is 2. The molecule has 2 aliphatic rings. The molecule has 0 aliphatic carbocycles. The number of halogens is 1. The summed E-state index contributed by atoms with van der Waals surface area (Å²) in [4.78, 5) is 38.3. The van der Waals surface area contributed by atoms with Gasteiger partial charge in [-0.05, 0) is 74.7 Å². The Morgan fingerprint density at radius 2 is 1.67 bits per heavy atom. The van der Waals surface area contributed by atoms with Crippen molar-refractivity contribution < 1.29 is 14.0 Å². The van der Waals surface area contributed by atoms with Crippen LogP contribution in [0.25, 0.3) is 0 Å². The number of carbonyl (C=O) groups excluding carboxylic acids is 2. The van der Waals surface area contributed by atoms with E-state index in [9.17, 15) is 14.0 Å². The predicted octanol–water partition coefficient (Wildman–Crippen LogP) is 4.65. The number of aromatic nitrogens is 2. The molecule has 2 fully saturated rings. The van der Waals surface area contributed by atoms with E-state index in [1.54, 1.807) is 24.3 Å². The second kappa shape index (κ2) is 10.3. The Bertz CT molecular complexity index is 1240. The van der Waals surface area contributed by atoms with Crippen molar-refractivity contribution in [2.75, 3.05) is 40.1 Å². The van der Waals surface area contributed by atoms with Gasteiger partial charge < -0.3 is 20.4 Å². The molecule has 8 nitrogen and oxygen atoms in total. The highest BCUT2D eigenvalue weighted by Gasteiger charge is 2.35. The minimum atomic E-state index is -0.478. The third-order valence-electron chi connectivity index (χ3n) is 6.56. The summed E-state index contributed by atoms with van der Waals surface area (Å²) in [5.41, 5.74) is 2.94. The van der Waals surface area contributed by atoms with Crippen molar-refractivity contribution >= 4 is 40.6 Å². The lowest BCUT2D eigenvalue weighted by atomic mass is 10.1. The first-order valence-electron chi connectivity index (χ1n) is 12.3. The van der Waals surface area contributed by atoms with Gasteiger partial charge in [-0.1, -0.05) is 0 Å². The van der Waals surface area contributed by atoms with Gasteiger partial charge in [0.25, 0.3) is 0 Å². The maximum absolute atomic E-state index is 13.2. The van der Waals surface area contributed by atoms with Gasteiger partial charge in [-0.15, -0.1) is 0 Å². The van der Waals surface area contributed by atoms with E-state index in [0.717, 1.165) is 30.3 Å². The highest BCUT2D eigenvalue weighted by molar-refractivity contribution is 6.03. The number of rotatable bonds is 6. The van der Waals surface area contributed by atoms with E-state index in [1.807, 2.05) is 25.1 Å². The number of piperidine rings is 1. The summed E-state index contributed by atoms with van der Waals surface area (Å²) in [6.45, 7) is 4.25. The summed E-state index contributed by atoms with van der Waals surface area (Å²) in [6, 6.07) is 15.0. The van der Waals surface area contributed by atoms with Gasteiger partial charge >= 0.3 is 0 Å². The lowest BCUT2D eigenvalue weighted by Crippen LogP contribution is -2.30. The molecule has 9 heteroatoms. The molecule has 36 heavy (non-hydrogen) atoms. The van der Waals surface area contributed by atoms with Crippen LogP contribution in [-0.4, -0.2) is 41.4 Å².